The Kier molecular flexibility index (Phi) is 7.71. The number of alkyl halides is 1. The summed E-state index contributed by atoms with van der Waals surface area (Å²) in [5, 5.41) is 0.318. The first-order valence-corrected chi connectivity index (χ1v) is 9.05. The van der Waals surface area contributed by atoms with E-state index in [1.54, 1.807) is 11.1 Å². The van der Waals surface area contributed by atoms with Gasteiger partial charge in [0.2, 0.25) is 0 Å². The van der Waals surface area contributed by atoms with Gasteiger partial charge in [-0.25, -0.2) is 0 Å². The zero-order valence-electron chi connectivity index (χ0n) is 13.6. The molecular formula is C19H27ClNY-. The molecule has 1 heterocycles. The van der Waals surface area contributed by atoms with Crippen molar-refractivity contribution >= 4 is 17.3 Å². The summed E-state index contributed by atoms with van der Waals surface area (Å²) in [6.07, 6.45) is 11.1. The van der Waals surface area contributed by atoms with E-state index in [4.69, 9.17) is 11.6 Å². The number of nitrogens with zero attached hydrogens (tertiary/aromatic N) is 1. The number of aryl methyl sites for hydroxylation is 2. The molecule has 1 aliphatic carbocycles. The summed E-state index contributed by atoms with van der Waals surface area (Å²) in [4.78, 5) is 2.57. The summed E-state index contributed by atoms with van der Waals surface area (Å²) >= 11 is 6.60. The van der Waals surface area contributed by atoms with Crippen LogP contribution in [-0.2, 0) is 45.6 Å². The van der Waals surface area contributed by atoms with Gasteiger partial charge >= 0.3 is 0 Å². The maximum absolute atomic E-state index is 6.60. The molecule has 1 fully saturated rings. The fourth-order valence-corrected chi connectivity index (χ4v) is 4.28. The van der Waals surface area contributed by atoms with Crippen LogP contribution in [0.1, 0.15) is 56.1 Å². The molecule has 0 bridgehead atoms. The first kappa shape index (κ1) is 18.7. The molecule has 0 spiro atoms. The van der Waals surface area contributed by atoms with Crippen molar-refractivity contribution in [2.75, 3.05) is 11.4 Å². The Balaban J connectivity index is 0.00000176. The Labute approximate surface area is 166 Å². The fourth-order valence-electron chi connectivity index (χ4n) is 3.92. The van der Waals surface area contributed by atoms with Crippen LogP contribution in [-0.4, -0.2) is 18.0 Å². The Morgan fingerprint density at radius 3 is 2.77 bits per heavy atom. The van der Waals surface area contributed by atoms with Crippen LogP contribution in [0, 0.1) is 6.92 Å². The van der Waals surface area contributed by atoms with Gasteiger partial charge in [0.1, 0.15) is 0 Å². The van der Waals surface area contributed by atoms with Crippen molar-refractivity contribution in [3.63, 3.8) is 0 Å². The molecule has 0 aromatic heterocycles. The normalized spacial score (nSPS) is 23.5. The molecule has 119 valence electrons. The molecule has 2 aliphatic rings. The van der Waals surface area contributed by atoms with Crippen molar-refractivity contribution in [1.29, 1.82) is 0 Å². The van der Waals surface area contributed by atoms with Crippen molar-refractivity contribution in [2.45, 2.75) is 69.2 Å². The third-order valence-electron chi connectivity index (χ3n) is 5.13. The number of hydrogen-bond donors (Lipinski definition) is 0. The molecule has 0 amide bonds. The molecule has 0 N–H and O–H groups in total. The maximum atomic E-state index is 6.60. The van der Waals surface area contributed by atoms with Gasteiger partial charge in [0.25, 0.3) is 0 Å². The SMILES string of the molecule is [CH2-]CCCCCC1C(Cl)CCN1c1ccc2c(c1)CCC2.[Y]. The first-order chi connectivity index (χ1) is 10.3. The van der Waals surface area contributed by atoms with Gasteiger partial charge in [-0.15, -0.1) is 11.6 Å². The summed E-state index contributed by atoms with van der Waals surface area (Å²) in [6.45, 7) is 5.05. The summed E-state index contributed by atoms with van der Waals surface area (Å²) in [7, 11) is 0. The smallest absolute Gasteiger partial charge is 0.0556 e. The van der Waals surface area contributed by atoms with E-state index in [1.807, 2.05) is 0 Å². The minimum atomic E-state index is 0. The standard InChI is InChI=1S/C19H27ClN.Y/c1-2-3-4-5-9-19-18(20)12-13-21(19)17-11-10-15-7-6-8-16(15)14-17;/h10-11,14,18-19H,1-9,12-13H2;/q-1;. The van der Waals surface area contributed by atoms with Gasteiger partial charge in [0.15, 0.2) is 0 Å². The predicted molar refractivity (Wildman–Crippen MR) is 92.3 cm³/mol. The topological polar surface area (TPSA) is 3.24 Å². The van der Waals surface area contributed by atoms with Crippen LogP contribution in [0.3, 0.4) is 0 Å². The van der Waals surface area contributed by atoms with Crippen molar-refractivity contribution in [3.8, 4) is 0 Å². The van der Waals surface area contributed by atoms with Crippen LogP contribution in [0.25, 0.3) is 0 Å². The van der Waals surface area contributed by atoms with E-state index in [0.717, 1.165) is 19.4 Å². The average Bonchev–Trinajstić information content (AvgIpc) is 3.09. The second-order valence-electron chi connectivity index (χ2n) is 6.57. The largest absolute Gasteiger partial charge is 0.367 e. The predicted octanol–water partition coefficient (Wildman–Crippen LogP) is 5.14. The Bertz CT molecular complexity index is 477. The molecule has 1 aromatic carbocycles. The Morgan fingerprint density at radius 2 is 1.95 bits per heavy atom. The van der Waals surface area contributed by atoms with Gasteiger partial charge in [-0.2, -0.15) is 6.42 Å². The molecule has 1 aromatic rings. The number of rotatable bonds is 6. The van der Waals surface area contributed by atoms with E-state index in [0.29, 0.717) is 11.4 Å². The quantitative estimate of drug-likeness (QED) is 0.367. The van der Waals surface area contributed by atoms with Gasteiger partial charge in [-0.05, 0) is 55.4 Å². The zero-order chi connectivity index (χ0) is 14.7. The summed E-state index contributed by atoms with van der Waals surface area (Å²) < 4.78 is 0. The van der Waals surface area contributed by atoms with Crippen LogP contribution in [0.15, 0.2) is 18.2 Å². The molecule has 1 saturated heterocycles. The van der Waals surface area contributed by atoms with Crippen LogP contribution in [0.5, 0.6) is 0 Å². The van der Waals surface area contributed by atoms with E-state index < -0.39 is 0 Å². The van der Waals surface area contributed by atoms with E-state index >= 15 is 0 Å². The van der Waals surface area contributed by atoms with E-state index in [1.165, 1.54) is 50.6 Å². The van der Waals surface area contributed by atoms with Gasteiger partial charge in [0.05, 0.1) is 5.38 Å². The molecule has 22 heavy (non-hydrogen) atoms. The van der Waals surface area contributed by atoms with E-state index in [-0.39, 0.29) is 32.7 Å². The van der Waals surface area contributed by atoms with Gasteiger partial charge in [0, 0.05) is 51.0 Å². The van der Waals surface area contributed by atoms with Crippen LogP contribution >= 0.6 is 11.6 Å². The van der Waals surface area contributed by atoms with Crippen molar-refractivity contribution in [2.24, 2.45) is 0 Å². The molecule has 1 aliphatic heterocycles. The van der Waals surface area contributed by atoms with Crippen molar-refractivity contribution in [1.82, 2.24) is 0 Å². The number of benzene rings is 1. The minimum Gasteiger partial charge on any atom is -0.367 e. The average molecular weight is 394 g/mol. The van der Waals surface area contributed by atoms with Crippen molar-refractivity contribution in [3.05, 3.63) is 36.2 Å². The maximum Gasteiger partial charge on any atom is 0.0556 e. The molecule has 3 heteroatoms. The summed E-state index contributed by atoms with van der Waals surface area (Å²) in [5.74, 6) is 0. The van der Waals surface area contributed by atoms with Gasteiger partial charge < -0.3 is 11.8 Å². The first-order valence-electron chi connectivity index (χ1n) is 8.61. The molecule has 2 atom stereocenters. The zero-order valence-corrected chi connectivity index (χ0v) is 17.2. The molecule has 2 unspecified atom stereocenters. The molecule has 3 rings (SSSR count). The molecule has 0 saturated carbocycles. The number of unbranched alkanes of at least 4 members (excludes halogenated alkanes) is 3. The van der Waals surface area contributed by atoms with Crippen LogP contribution in [0.2, 0.25) is 0 Å². The summed E-state index contributed by atoms with van der Waals surface area (Å²) in [5.41, 5.74) is 4.54. The second-order valence-corrected chi connectivity index (χ2v) is 7.14. The number of anilines is 1. The molecular weight excluding hydrogens is 367 g/mol. The number of hydrogen-bond acceptors (Lipinski definition) is 1. The minimum absolute atomic E-state index is 0. The van der Waals surface area contributed by atoms with Gasteiger partial charge in [-0.1, -0.05) is 25.3 Å². The van der Waals surface area contributed by atoms with Crippen LogP contribution in [0.4, 0.5) is 5.69 Å². The third-order valence-corrected chi connectivity index (χ3v) is 5.64. The number of fused-ring (bicyclic) bond motifs is 1. The van der Waals surface area contributed by atoms with E-state index in [9.17, 15) is 0 Å². The Morgan fingerprint density at radius 1 is 1.14 bits per heavy atom. The number of halogens is 1. The third kappa shape index (κ3) is 4.28. The van der Waals surface area contributed by atoms with Crippen molar-refractivity contribution < 1.29 is 32.7 Å². The Hall–Kier alpha value is 0.414. The van der Waals surface area contributed by atoms with Gasteiger partial charge in [-0.3, -0.25) is 0 Å². The molecule has 1 nitrogen and oxygen atoms in total. The monoisotopic (exact) mass is 393 g/mol. The van der Waals surface area contributed by atoms with Crippen LogP contribution < -0.4 is 4.90 Å². The second kappa shape index (κ2) is 9.04. The summed E-state index contributed by atoms with van der Waals surface area (Å²) in [6, 6.07) is 7.62. The molecule has 1 radical (unpaired) electrons. The van der Waals surface area contributed by atoms with E-state index in [2.05, 4.69) is 30.0 Å². The fraction of sp³-hybridized carbons (Fsp3) is 0.632.